The summed E-state index contributed by atoms with van der Waals surface area (Å²) in [4.78, 5) is 39.5. The van der Waals surface area contributed by atoms with Gasteiger partial charge in [0.15, 0.2) is 0 Å². The highest BCUT2D eigenvalue weighted by atomic mass is 16.3. The van der Waals surface area contributed by atoms with Crippen LogP contribution in [0.4, 0.5) is 0 Å². The number of carbonyl (C=O) groups excluding carboxylic acids is 2. The molecule has 13 rings (SSSR count). The highest BCUT2D eigenvalue weighted by molar-refractivity contribution is 5.86. The van der Waals surface area contributed by atoms with Crippen LogP contribution < -0.4 is 0 Å². The largest absolute Gasteiger partial charge is 0.464 e. The fraction of sp³-hybridized carbons (Fsp3) is 0.323. The molecule has 9 heteroatoms. The first kappa shape index (κ1) is 46.1. The fourth-order valence-corrected chi connectivity index (χ4v) is 10.7. The number of rotatable bonds is 10. The number of fused-ring (bicyclic) bond motifs is 3. The van der Waals surface area contributed by atoms with Crippen LogP contribution in [0.15, 0.2) is 150 Å². The third-order valence-electron chi connectivity index (χ3n) is 14.9. The van der Waals surface area contributed by atoms with Crippen molar-refractivity contribution in [3.8, 4) is 45.0 Å². The van der Waals surface area contributed by atoms with Crippen LogP contribution in [0.5, 0.6) is 0 Å². The van der Waals surface area contributed by atoms with E-state index in [-0.39, 0.29) is 0 Å². The zero-order valence-electron chi connectivity index (χ0n) is 41.6. The molecular formula is C62H64N6O3. The molecule has 0 N–H and O–H groups in total. The molecule has 4 fully saturated rings. The predicted molar refractivity (Wildman–Crippen MR) is 287 cm³/mol. The molecule has 2 aliphatic heterocycles. The average Bonchev–Trinajstić information content (AvgIpc) is 4.17. The van der Waals surface area contributed by atoms with Gasteiger partial charge in [0.05, 0.1) is 28.3 Å². The lowest BCUT2D eigenvalue weighted by molar-refractivity contribution is -0.132. The smallest absolute Gasteiger partial charge is 0.225 e. The van der Waals surface area contributed by atoms with Gasteiger partial charge in [0.2, 0.25) is 11.8 Å². The summed E-state index contributed by atoms with van der Waals surface area (Å²) in [6, 6.07) is 49.3. The summed E-state index contributed by atoms with van der Waals surface area (Å²) in [5.74, 6) is 4.28. The third kappa shape index (κ3) is 9.79. The second kappa shape index (κ2) is 19.9. The first-order valence-electron chi connectivity index (χ1n) is 26.0. The number of likely N-dealkylation sites (tertiary alicyclic amines) is 2. The predicted octanol–water partition coefficient (Wildman–Crippen LogP) is 13.6. The van der Waals surface area contributed by atoms with E-state index in [4.69, 9.17) is 14.4 Å². The standard InChI is InChI=1S/C31H29N3O2.C29H29N3O.C2H6/c1-20-2-10-28-27(16-20)32-30(34(28)19-21-12-14-33(18-21)31(35)24-7-8-24)23-5-3-22(4-6-23)25-9-11-29-26(17-25)13-15-36-29;1-20-7-14-27-26(17-20)30-28(24-10-8-23(9-11-24)22-5-3-2-4-6-22)32(27)19-21-15-16-31(18-21)29(33)25-12-13-25;1-2/h2-6,9-11,13,15-17,21,24H,7-8,12,14,18-19H2,1H3;2-11,14,17,21,25H,12-13,15-16,18-19H2,1H3;1-2H3/t2*21-;/m11./s1. The summed E-state index contributed by atoms with van der Waals surface area (Å²) in [7, 11) is 0. The van der Waals surface area contributed by atoms with Crippen molar-refractivity contribution in [2.75, 3.05) is 26.2 Å². The molecule has 5 heterocycles. The molecule has 2 amide bonds. The van der Waals surface area contributed by atoms with E-state index in [1.165, 1.54) is 38.9 Å². The van der Waals surface area contributed by atoms with Gasteiger partial charge < -0.3 is 23.4 Å². The van der Waals surface area contributed by atoms with E-state index in [0.717, 1.165) is 128 Å². The molecule has 2 saturated carbocycles. The summed E-state index contributed by atoms with van der Waals surface area (Å²) in [5.41, 5.74) is 14.8. The number of aromatic nitrogens is 4. The summed E-state index contributed by atoms with van der Waals surface area (Å²) >= 11 is 0. The Balaban J connectivity index is 0.000000149. The number of nitrogens with zero attached hydrogens (tertiary/aromatic N) is 6. The average molecular weight is 941 g/mol. The van der Waals surface area contributed by atoms with Crippen LogP contribution in [0.25, 0.3) is 78.1 Å². The maximum atomic E-state index is 12.6. The Bertz CT molecular complexity index is 3340. The van der Waals surface area contributed by atoms with Gasteiger partial charge in [-0.3, -0.25) is 9.59 Å². The Labute approximate surface area is 417 Å². The van der Waals surface area contributed by atoms with Crippen molar-refractivity contribution in [1.82, 2.24) is 28.9 Å². The number of benzene rings is 6. The SMILES string of the molecule is CC.Cc1ccc2c(c1)nc(-c1ccc(-c3ccc4occc4c3)cc1)n2C[C@@H]1CCN(C(=O)C2CC2)C1.Cc1ccc2c(c1)nc(-c1ccc(-c3ccccc3)cc1)n2C[C@@H]1CCN(C(=O)C2CC2)C1. The Kier molecular flexibility index (Phi) is 12.9. The van der Waals surface area contributed by atoms with Gasteiger partial charge in [0.25, 0.3) is 0 Å². The van der Waals surface area contributed by atoms with Gasteiger partial charge in [-0.1, -0.05) is 111 Å². The summed E-state index contributed by atoms with van der Waals surface area (Å²) in [6.45, 7) is 13.5. The van der Waals surface area contributed by atoms with Gasteiger partial charge in [-0.25, -0.2) is 9.97 Å². The second-order valence-electron chi connectivity index (χ2n) is 20.2. The normalized spacial score (nSPS) is 17.6. The van der Waals surface area contributed by atoms with Crippen molar-refractivity contribution < 1.29 is 14.0 Å². The van der Waals surface area contributed by atoms with E-state index in [1.807, 2.05) is 32.0 Å². The molecule has 71 heavy (non-hydrogen) atoms. The first-order valence-corrected chi connectivity index (χ1v) is 26.0. The minimum absolute atomic E-state index is 0.295. The van der Waals surface area contributed by atoms with Gasteiger partial charge in [0.1, 0.15) is 17.2 Å². The number of furan rings is 1. The lowest BCUT2D eigenvalue weighted by Crippen LogP contribution is -2.30. The summed E-state index contributed by atoms with van der Waals surface area (Å²) in [5, 5.41) is 1.11. The van der Waals surface area contributed by atoms with E-state index in [1.54, 1.807) is 6.26 Å². The molecule has 0 spiro atoms. The van der Waals surface area contributed by atoms with Crippen molar-refractivity contribution in [2.45, 2.75) is 79.3 Å². The minimum atomic E-state index is 0.295. The lowest BCUT2D eigenvalue weighted by atomic mass is 10.0. The molecule has 0 radical (unpaired) electrons. The molecule has 0 bridgehead atoms. The molecular weight excluding hydrogens is 877 g/mol. The molecule has 9 nitrogen and oxygen atoms in total. The maximum Gasteiger partial charge on any atom is 0.225 e. The molecule has 2 aliphatic carbocycles. The molecule has 3 aromatic heterocycles. The van der Waals surface area contributed by atoms with Crippen molar-refractivity contribution in [1.29, 1.82) is 0 Å². The van der Waals surface area contributed by atoms with Crippen LogP contribution in [0.3, 0.4) is 0 Å². The minimum Gasteiger partial charge on any atom is -0.464 e. The molecule has 6 aromatic carbocycles. The van der Waals surface area contributed by atoms with E-state index < -0.39 is 0 Å². The number of aryl methyl sites for hydroxylation is 2. The molecule has 360 valence electrons. The van der Waals surface area contributed by atoms with Gasteiger partial charge in [-0.15, -0.1) is 0 Å². The number of carbonyl (C=O) groups is 2. The van der Waals surface area contributed by atoms with Gasteiger partial charge >= 0.3 is 0 Å². The van der Waals surface area contributed by atoms with Crippen LogP contribution in [0.1, 0.15) is 63.5 Å². The second-order valence-corrected chi connectivity index (χ2v) is 20.2. The summed E-state index contributed by atoms with van der Waals surface area (Å²) in [6.07, 6.45) is 8.15. The molecule has 0 unspecified atom stereocenters. The molecule has 2 atom stereocenters. The molecule has 9 aromatic rings. The monoisotopic (exact) mass is 941 g/mol. The Morgan fingerprint density at radius 2 is 0.958 bits per heavy atom. The van der Waals surface area contributed by atoms with E-state index in [2.05, 4.69) is 154 Å². The number of imidazole rings is 2. The first-order chi connectivity index (χ1) is 34.8. The molecule has 2 saturated heterocycles. The van der Waals surface area contributed by atoms with Crippen LogP contribution in [-0.2, 0) is 22.7 Å². The number of hydrogen-bond acceptors (Lipinski definition) is 5. The van der Waals surface area contributed by atoms with Crippen LogP contribution in [-0.4, -0.2) is 66.9 Å². The topological polar surface area (TPSA) is 89.4 Å². The maximum absolute atomic E-state index is 12.6. The van der Waals surface area contributed by atoms with E-state index in [9.17, 15) is 9.59 Å². The highest BCUT2D eigenvalue weighted by Gasteiger charge is 2.38. The third-order valence-corrected chi connectivity index (χ3v) is 14.9. The van der Waals surface area contributed by atoms with Crippen LogP contribution >= 0.6 is 0 Å². The Morgan fingerprint density at radius 3 is 1.45 bits per heavy atom. The van der Waals surface area contributed by atoms with E-state index >= 15 is 0 Å². The van der Waals surface area contributed by atoms with Crippen molar-refractivity contribution in [3.63, 3.8) is 0 Å². The van der Waals surface area contributed by atoms with Crippen LogP contribution in [0, 0.1) is 37.5 Å². The van der Waals surface area contributed by atoms with Gasteiger partial charge in [0, 0.05) is 67.6 Å². The highest BCUT2D eigenvalue weighted by Crippen LogP contribution is 2.37. The fourth-order valence-electron chi connectivity index (χ4n) is 10.7. The quantitative estimate of drug-likeness (QED) is 0.136. The van der Waals surface area contributed by atoms with Crippen LogP contribution in [0.2, 0.25) is 0 Å². The van der Waals surface area contributed by atoms with Crippen molar-refractivity contribution >= 4 is 44.9 Å². The number of hydrogen-bond donors (Lipinski definition) is 0. The Hall–Kier alpha value is -7.26. The van der Waals surface area contributed by atoms with E-state index in [0.29, 0.717) is 35.5 Å². The summed E-state index contributed by atoms with van der Waals surface area (Å²) < 4.78 is 10.2. The zero-order valence-corrected chi connectivity index (χ0v) is 41.6. The van der Waals surface area contributed by atoms with Crippen molar-refractivity contribution in [2.24, 2.45) is 23.7 Å². The van der Waals surface area contributed by atoms with Gasteiger partial charge in [-0.2, -0.15) is 0 Å². The Morgan fingerprint density at radius 1 is 0.507 bits per heavy atom. The number of amides is 2. The van der Waals surface area contributed by atoms with Crippen molar-refractivity contribution in [3.05, 3.63) is 157 Å². The zero-order chi connectivity index (χ0) is 48.6. The van der Waals surface area contributed by atoms with Gasteiger partial charge in [-0.05, 0) is 140 Å². The molecule has 4 aliphatic rings. The lowest BCUT2D eigenvalue weighted by Gasteiger charge is -2.18.